The molecule has 2 N–H and O–H groups in total. The van der Waals surface area contributed by atoms with E-state index in [9.17, 15) is 22.8 Å². The third kappa shape index (κ3) is 5.41. The van der Waals surface area contributed by atoms with Crippen molar-refractivity contribution in [3.05, 3.63) is 41.5 Å². The fourth-order valence-electron chi connectivity index (χ4n) is 2.26. The van der Waals surface area contributed by atoms with Crippen molar-refractivity contribution < 1.29 is 32.6 Å². The van der Waals surface area contributed by atoms with Crippen LogP contribution in [-0.2, 0) is 34.7 Å². The predicted octanol–water partition coefficient (Wildman–Crippen LogP) is 1.55. The number of hydrogen-bond acceptors (Lipinski definition) is 6. The molecule has 0 aliphatic rings. The van der Waals surface area contributed by atoms with Gasteiger partial charge in [-0.3, -0.25) is 4.79 Å². The van der Waals surface area contributed by atoms with Gasteiger partial charge in [-0.15, -0.1) is 0 Å². The van der Waals surface area contributed by atoms with Gasteiger partial charge in [0.1, 0.15) is 10.3 Å². The molecule has 9 heteroatoms. The molecule has 1 amide bonds. The van der Waals surface area contributed by atoms with Crippen LogP contribution in [0.1, 0.15) is 38.8 Å². The first-order valence-corrected chi connectivity index (χ1v) is 10.0. The molecule has 0 bridgehead atoms. The van der Waals surface area contributed by atoms with Crippen LogP contribution >= 0.6 is 0 Å². The molecule has 0 aliphatic carbocycles. The third-order valence-corrected chi connectivity index (χ3v) is 6.68. The Morgan fingerprint density at radius 3 is 2.25 bits per heavy atom. The molecule has 0 spiro atoms. The Hall–Kier alpha value is -2.68. The largest absolute Gasteiger partial charge is 0.478 e. The Kier molecular flexibility index (Phi) is 7.14. The number of nitrogens with one attached hydrogen (secondary N) is 1. The topological polar surface area (TPSA) is 127 Å². The number of aliphatic carboxylic acids is 1. The molecule has 28 heavy (non-hydrogen) atoms. The van der Waals surface area contributed by atoms with Gasteiger partial charge in [-0.1, -0.05) is 24.3 Å². The lowest BCUT2D eigenvalue weighted by Crippen LogP contribution is -2.58. The van der Waals surface area contributed by atoms with Crippen molar-refractivity contribution in [1.82, 2.24) is 5.32 Å². The number of carbonyl (C=O) groups excluding carboxylic acids is 2. The predicted molar refractivity (Wildman–Crippen MR) is 104 cm³/mol. The van der Waals surface area contributed by atoms with Crippen molar-refractivity contribution in [1.29, 1.82) is 0 Å². The molecule has 0 saturated carbocycles. The van der Waals surface area contributed by atoms with Crippen molar-refractivity contribution in [2.45, 2.75) is 43.7 Å². The zero-order valence-electron chi connectivity index (χ0n) is 16.5. The lowest BCUT2D eigenvalue weighted by Gasteiger charge is -2.30. The maximum absolute atomic E-state index is 13.0. The summed E-state index contributed by atoms with van der Waals surface area (Å²) in [6.07, 6.45) is 2.20. The molecule has 0 aliphatic heterocycles. The number of ether oxygens (including phenoxy) is 1. The molecule has 0 aromatic heterocycles. The summed E-state index contributed by atoms with van der Waals surface area (Å²) in [7, 11) is -2.86. The van der Waals surface area contributed by atoms with E-state index in [1.165, 1.54) is 40.9 Å². The van der Waals surface area contributed by atoms with E-state index in [-0.39, 0.29) is 0 Å². The van der Waals surface area contributed by atoms with Crippen LogP contribution in [0.5, 0.6) is 0 Å². The molecule has 1 aromatic carbocycles. The summed E-state index contributed by atoms with van der Waals surface area (Å²) in [6, 6.07) is 6.40. The Balaban J connectivity index is 3.17. The fraction of sp³-hybridized carbons (Fsp3) is 0.421. The van der Waals surface area contributed by atoms with Crippen LogP contribution in [0.2, 0.25) is 0 Å². The molecule has 0 fully saturated rings. The van der Waals surface area contributed by atoms with Crippen molar-refractivity contribution in [3.63, 3.8) is 0 Å². The second kappa shape index (κ2) is 8.55. The molecular formula is C19H25NO7S. The Morgan fingerprint density at radius 2 is 1.71 bits per heavy atom. The highest BCUT2D eigenvalue weighted by atomic mass is 32.2. The van der Waals surface area contributed by atoms with E-state index in [0.29, 0.717) is 11.1 Å². The molecule has 0 saturated heterocycles. The molecule has 8 nitrogen and oxygen atoms in total. The monoisotopic (exact) mass is 411 g/mol. The summed E-state index contributed by atoms with van der Waals surface area (Å²) in [5, 5.41) is 11.2. The number of carboxylic acids is 1. The Bertz CT molecular complexity index is 899. The van der Waals surface area contributed by atoms with Crippen molar-refractivity contribution >= 4 is 33.8 Å². The van der Waals surface area contributed by atoms with Gasteiger partial charge in [0.25, 0.3) is 0 Å². The van der Waals surface area contributed by atoms with Crippen molar-refractivity contribution in [2.24, 2.45) is 0 Å². The molecule has 0 radical (unpaired) electrons. The summed E-state index contributed by atoms with van der Waals surface area (Å²) >= 11 is 0. The molecule has 0 unspecified atom stereocenters. The van der Waals surface area contributed by atoms with Gasteiger partial charge in [-0.05, 0) is 44.9 Å². The lowest BCUT2D eigenvalue weighted by atomic mass is 10.0. The number of carbonyl (C=O) groups is 3. The fourth-order valence-corrected chi connectivity index (χ4v) is 3.62. The van der Waals surface area contributed by atoms with Crippen LogP contribution in [0.3, 0.4) is 0 Å². The first kappa shape index (κ1) is 23.4. The van der Waals surface area contributed by atoms with E-state index in [0.717, 1.165) is 6.08 Å². The highest BCUT2D eigenvalue weighted by Crippen LogP contribution is 2.25. The zero-order valence-corrected chi connectivity index (χ0v) is 17.3. The van der Waals surface area contributed by atoms with Crippen LogP contribution in [0, 0.1) is 0 Å². The quantitative estimate of drug-likeness (QED) is 0.491. The second-order valence-corrected chi connectivity index (χ2v) is 9.75. The summed E-state index contributed by atoms with van der Waals surface area (Å²) in [5.74, 6) is -3.20. The number of sulfone groups is 1. The van der Waals surface area contributed by atoms with Gasteiger partial charge in [-0.2, -0.15) is 0 Å². The van der Waals surface area contributed by atoms with Crippen LogP contribution in [0.4, 0.5) is 0 Å². The van der Waals surface area contributed by atoms with Gasteiger partial charge in [0.2, 0.25) is 5.91 Å². The van der Waals surface area contributed by atoms with E-state index in [4.69, 9.17) is 5.11 Å². The molecule has 1 aromatic rings. The number of benzene rings is 1. The van der Waals surface area contributed by atoms with Gasteiger partial charge in [0.15, 0.2) is 9.84 Å². The minimum absolute atomic E-state index is 0.355. The number of esters is 1. The van der Waals surface area contributed by atoms with Crippen LogP contribution in [-0.4, -0.2) is 48.8 Å². The minimum atomic E-state index is -4.02. The van der Waals surface area contributed by atoms with E-state index in [1.807, 2.05) is 0 Å². The van der Waals surface area contributed by atoms with E-state index in [2.05, 4.69) is 10.1 Å². The van der Waals surface area contributed by atoms with Gasteiger partial charge < -0.3 is 15.2 Å². The van der Waals surface area contributed by atoms with Crippen LogP contribution in [0.25, 0.3) is 6.08 Å². The second-order valence-electron chi connectivity index (χ2n) is 7.21. The average Bonchev–Trinajstić information content (AvgIpc) is 2.59. The van der Waals surface area contributed by atoms with Crippen LogP contribution in [0.15, 0.2) is 30.3 Å². The number of rotatable bonds is 8. The number of methoxy groups -OCH3 is 1. The van der Waals surface area contributed by atoms with E-state index >= 15 is 0 Å². The normalized spacial score (nSPS) is 12.6. The summed E-state index contributed by atoms with van der Waals surface area (Å²) in [5.41, 5.74) is -0.631. The highest BCUT2D eigenvalue weighted by Gasteiger charge is 2.45. The third-order valence-electron chi connectivity index (χ3n) is 4.25. The van der Waals surface area contributed by atoms with Crippen LogP contribution < -0.4 is 5.32 Å². The summed E-state index contributed by atoms with van der Waals surface area (Å²) in [6.45, 7) is 5.32. The molecular weight excluding hydrogens is 386 g/mol. The molecule has 154 valence electrons. The smallest absolute Gasteiger partial charge is 0.330 e. The van der Waals surface area contributed by atoms with E-state index < -0.39 is 43.7 Å². The SMILES string of the molecule is COC(=O)C(C)(C)NC(=O)C(C)(C)S(=O)(=O)Cc1ccccc1/C=C/C(=O)O. The number of carboxylic acid groups (broad SMARTS) is 1. The standard InChI is InChI=1S/C19H25NO7S/c1-18(2,17(24)27-5)20-16(23)19(3,4)28(25,26)12-14-9-7-6-8-13(14)10-11-15(21)22/h6-11H,12H2,1-5H3,(H,20,23)(H,21,22)/b11-10+. The van der Waals surface area contributed by atoms with E-state index in [1.54, 1.807) is 24.3 Å². The van der Waals surface area contributed by atoms with Gasteiger partial charge >= 0.3 is 11.9 Å². The first-order chi connectivity index (χ1) is 12.7. The molecule has 0 atom stereocenters. The molecule has 1 rings (SSSR count). The van der Waals surface area contributed by atoms with Crippen molar-refractivity contribution in [3.8, 4) is 0 Å². The minimum Gasteiger partial charge on any atom is -0.478 e. The highest BCUT2D eigenvalue weighted by molar-refractivity contribution is 7.92. The summed E-state index contributed by atoms with van der Waals surface area (Å²) in [4.78, 5) is 35.1. The lowest BCUT2D eigenvalue weighted by molar-refractivity contribution is -0.149. The summed E-state index contributed by atoms with van der Waals surface area (Å²) < 4.78 is 28.7. The maximum atomic E-state index is 13.0. The number of amides is 1. The Morgan fingerprint density at radius 1 is 1.14 bits per heavy atom. The zero-order chi connectivity index (χ0) is 21.8. The average molecular weight is 411 g/mol. The maximum Gasteiger partial charge on any atom is 0.330 e. The first-order valence-electron chi connectivity index (χ1n) is 8.37. The van der Waals surface area contributed by atoms with Crippen molar-refractivity contribution in [2.75, 3.05) is 7.11 Å². The van der Waals surface area contributed by atoms with Gasteiger partial charge in [-0.25, -0.2) is 18.0 Å². The van der Waals surface area contributed by atoms with Gasteiger partial charge in [0.05, 0.1) is 12.9 Å². The molecule has 0 heterocycles. The number of hydrogen-bond donors (Lipinski definition) is 2. The van der Waals surface area contributed by atoms with Gasteiger partial charge in [0, 0.05) is 6.08 Å². The Labute approximate surface area is 164 Å².